The molecule has 100 valence electrons. The molecule has 0 bridgehead atoms. The van der Waals surface area contributed by atoms with Gasteiger partial charge in [-0.2, -0.15) is 0 Å². The molecule has 0 spiro atoms. The van der Waals surface area contributed by atoms with Gasteiger partial charge in [-0.1, -0.05) is 53.2 Å². The van der Waals surface area contributed by atoms with Gasteiger partial charge in [-0.05, 0) is 31.9 Å². The van der Waals surface area contributed by atoms with Gasteiger partial charge in [0, 0.05) is 5.56 Å². The number of aryl methyl sites for hydroxylation is 3. The Bertz CT molecular complexity index is 719. The first-order chi connectivity index (χ1) is 9.66. The molecule has 0 aliphatic rings. The third-order valence-corrected chi connectivity index (χ3v) is 3.47. The molecule has 3 heteroatoms. The molecular formula is C17H17N3. The molecular weight excluding hydrogens is 246 g/mol. The molecule has 0 aliphatic carbocycles. The summed E-state index contributed by atoms with van der Waals surface area (Å²) in [5.74, 6) is 0. The number of benzene rings is 2. The number of hydrogen-bond donors (Lipinski definition) is 0. The molecule has 0 N–H and O–H groups in total. The van der Waals surface area contributed by atoms with Crippen LogP contribution in [0.2, 0.25) is 0 Å². The van der Waals surface area contributed by atoms with Crippen molar-refractivity contribution in [3.8, 4) is 16.9 Å². The second-order valence-corrected chi connectivity index (χ2v) is 5.14. The quantitative estimate of drug-likeness (QED) is 0.703. The van der Waals surface area contributed by atoms with E-state index in [0.717, 1.165) is 16.9 Å². The maximum atomic E-state index is 4.28. The van der Waals surface area contributed by atoms with E-state index in [-0.39, 0.29) is 0 Å². The normalized spacial score (nSPS) is 10.8. The van der Waals surface area contributed by atoms with Crippen LogP contribution in [0.1, 0.15) is 16.7 Å². The summed E-state index contributed by atoms with van der Waals surface area (Å²) in [6.07, 6.45) is 1.81. The molecule has 0 aliphatic heterocycles. The first-order valence-electron chi connectivity index (χ1n) is 6.71. The van der Waals surface area contributed by atoms with Gasteiger partial charge in [0.25, 0.3) is 0 Å². The molecule has 3 aromatic rings. The van der Waals surface area contributed by atoms with Crippen molar-refractivity contribution in [3.05, 3.63) is 65.4 Å². The summed E-state index contributed by atoms with van der Waals surface area (Å²) >= 11 is 0. The Labute approximate surface area is 118 Å². The Balaban J connectivity index is 2.21. The van der Waals surface area contributed by atoms with E-state index in [1.54, 1.807) is 0 Å². The van der Waals surface area contributed by atoms with E-state index in [2.05, 4.69) is 55.3 Å². The Morgan fingerprint density at radius 3 is 2.20 bits per heavy atom. The van der Waals surface area contributed by atoms with E-state index < -0.39 is 0 Å². The fourth-order valence-corrected chi connectivity index (χ4v) is 2.71. The summed E-state index contributed by atoms with van der Waals surface area (Å²) in [6, 6.07) is 14.6. The van der Waals surface area contributed by atoms with E-state index in [0.29, 0.717) is 0 Å². The van der Waals surface area contributed by atoms with Gasteiger partial charge in [0.15, 0.2) is 0 Å². The molecule has 0 amide bonds. The van der Waals surface area contributed by atoms with Crippen LogP contribution in [0, 0.1) is 20.8 Å². The van der Waals surface area contributed by atoms with Gasteiger partial charge in [-0.25, -0.2) is 4.68 Å². The highest BCUT2D eigenvalue weighted by Crippen LogP contribution is 2.26. The third-order valence-electron chi connectivity index (χ3n) is 3.47. The minimum absolute atomic E-state index is 1.01. The predicted octanol–water partition coefficient (Wildman–Crippen LogP) is 3.86. The van der Waals surface area contributed by atoms with E-state index >= 15 is 0 Å². The molecule has 0 atom stereocenters. The highest BCUT2D eigenvalue weighted by Gasteiger charge is 2.13. The number of aromatic nitrogens is 3. The summed E-state index contributed by atoms with van der Waals surface area (Å²) in [5.41, 5.74) is 6.95. The molecule has 2 aromatic carbocycles. The van der Waals surface area contributed by atoms with Crippen molar-refractivity contribution in [1.82, 2.24) is 15.0 Å². The highest BCUT2D eigenvalue weighted by molar-refractivity contribution is 5.62. The van der Waals surface area contributed by atoms with Crippen LogP contribution in [0.25, 0.3) is 16.9 Å². The van der Waals surface area contributed by atoms with Gasteiger partial charge in [0.05, 0.1) is 17.6 Å². The lowest BCUT2D eigenvalue weighted by molar-refractivity contribution is 0.798. The van der Waals surface area contributed by atoms with Crippen LogP contribution in [-0.2, 0) is 0 Å². The molecule has 0 unspecified atom stereocenters. The van der Waals surface area contributed by atoms with Gasteiger partial charge in [0.2, 0.25) is 0 Å². The monoisotopic (exact) mass is 263 g/mol. The standard InChI is InChI=1S/C17H17N3/c1-12-9-13(2)17(14(3)10-12)20-16(11-18-19-20)15-7-5-4-6-8-15/h4-11H,1-3H3. The summed E-state index contributed by atoms with van der Waals surface area (Å²) in [4.78, 5) is 0. The topological polar surface area (TPSA) is 30.7 Å². The molecule has 20 heavy (non-hydrogen) atoms. The lowest BCUT2D eigenvalue weighted by Crippen LogP contribution is -2.04. The van der Waals surface area contributed by atoms with E-state index in [4.69, 9.17) is 0 Å². The lowest BCUT2D eigenvalue weighted by Gasteiger charge is -2.13. The maximum Gasteiger partial charge on any atom is 0.0944 e. The Kier molecular flexibility index (Phi) is 3.11. The van der Waals surface area contributed by atoms with Gasteiger partial charge >= 0.3 is 0 Å². The van der Waals surface area contributed by atoms with Crippen molar-refractivity contribution in [2.24, 2.45) is 0 Å². The molecule has 0 fully saturated rings. The van der Waals surface area contributed by atoms with Crippen molar-refractivity contribution >= 4 is 0 Å². The van der Waals surface area contributed by atoms with E-state index in [1.807, 2.05) is 29.1 Å². The van der Waals surface area contributed by atoms with Crippen molar-refractivity contribution in [2.75, 3.05) is 0 Å². The first-order valence-corrected chi connectivity index (χ1v) is 6.71. The Hall–Kier alpha value is -2.42. The van der Waals surface area contributed by atoms with E-state index in [1.165, 1.54) is 16.7 Å². The van der Waals surface area contributed by atoms with Crippen LogP contribution in [-0.4, -0.2) is 15.0 Å². The summed E-state index contributed by atoms with van der Waals surface area (Å²) in [7, 11) is 0. The van der Waals surface area contributed by atoms with Crippen LogP contribution >= 0.6 is 0 Å². The largest absolute Gasteiger partial charge is 0.212 e. The first kappa shape index (κ1) is 12.6. The maximum absolute atomic E-state index is 4.28. The lowest BCUT2D eigenvalue weighted by atomic mass is 10.0. The van der Waals surface area contributed by atoms with Crippen LogP contribution < -0.4 is 0 Å². The Morgan fingerprint density at radius 1 is 0.900 bits per heavy atom. The van der Waals surface area contributed by atoms with E-state index in [9.17, 15) is 0 Å². The number of hydrogen-bond acceptors (Lipinski definition) is 2. The second-order valence-electron chi connectivity index (χ2n) is 5.14. The molecule has 3 nitrogen and oxygen atoms in total. The van der Waals surface area contributed by atoms with Crippen molar-refractivity contribution in [2.45, 2.75) is 20.8 Å². The summed E-state index contributed by atoms with van der Waals surface area (Å²) in [6.45, 7) is 6.35. The average Bonchev–Trinajstić information content (AvgIpc) is 2.87. The zero-order valence-corrected chi connectivity index (χ0v) is 12.0. The number of rotatable bonds is 2. The Morgan fingerprint density at radius 2 is 1.55 bits per heavy atom. The SMILES string of the molecule is Cc1cc(C)c(-n2nncc2-c2ccccc2)c(C)c1. The van der Waals surface area contributed by atoms with Crippen LogP contribution in [0.3, 0.4) is 0 Å². The molecule has 0 saturated carbocycles. The summed E-state index contributed by atoms with van der Waals surface area (Å²) in [5, 5.41) is 8.37. The second kappa shape index (κ2) is 4.93. The predicted molar refractivity (Wildman–Crippen MR) is 81.0 cm³/mol. The molecule has 0 saturated heterocycles. The summed E-state index contributed by atoms with van der Waals surface area (Å²) < 4.78 is 1.93. The average molecular weight is 263 g/mol. The van der Waals surface area contributed by atoms with Crippen molar-refractivity contribution in [3.63, 3.8) is 0 Å². The fourth-order valence-electron chi connectivity index (χ4n) is 2.71. The molecule has 3 rings (SSSR count). The van der Waals surface area contributed by atoms with Gasteiger partial charge in [0.1, 0.15) is 0 Å². The van der Waals surface area contributed by atoms with Gasteiger partial charge in [-0.3, -0.25) is 0 Å². The molecule has 1 aromatic heterocycles. The zero-order chi connectivity index (χ0) is 14.1. The molecule has 1 heterocycles. The van der Waals surface area contributed by atoms with Crippen LogP contribution in [0.4, 0.5) is 0 Å². The third kappa shape index (κ3) is 2.11. The number of nitrogens with zero attached hydrogens (tertiary/aromatic N) is 3. The molecule has 0 radical (unpaired) electrons. The minimum atomic E-state index is 1.01. The van der Waals surface area contributed by atoms with Crippen LogP contribution in [0.15, 0.2) is 48.7 Å². The zero-order valence-electron chi connectivity index (χ0n) is 12.0. The van der Waals surface area contributed by atoms with Gasteiger partial charge < -0.3 is 0 Å². The fraction of sp³-hybridized carbons (Fsp3) is 0.176. The van der Waals surface area contributed by atoms with Crippen molar-refractivity contribution < 1.29 is 0 Å². The van der Waals surface area contributed by atoms with Crippen molar-refractivity contribution in [1.29, 1.82) is 0 Å². The highest BCUT2D eigenvalue weighted by atomic mass is 15.4. The minimum Gasteiger partial charge on any atom is -0.212 e. The smallest absolute Gasteiger partial charge is 0.0944 e. The van der Waals surface area contributed by atoms with Crippen LogP contribution in [0.5, 0.6) is 0 Å². The van der Waals surface area contributed by atoms with Gasteiger partial charge in [-0.15, -0.1) is 5.10 Å².